The maximum atomic E-state index is 11.0. The number of nitrogens with zero attached hydrogens (tertiary/aromatic N) is 1. The first-order valence-electron chi connectivity index (χ1n) is 12.6. The highest BCUT2D eigenvalue weighted by atomic mass is 32.2. The Morgan fingerprint density at radius 3 is 2.36 bits per heavy atom. The van der Waals surface area contributed by atoms with E-state index in [4.69, 9.17) is 8.74 Å². The molecule has 6 rings (SSSR count). The number of anilines is 1. The molecule has 0 amide bonds. The fraction of sp³-hybridized carbons (Fsp3) is 0.226. The molecule has 4 nitrogen and oxygen atoms in total. The van der Waals surface area contributed by atoms with Crippen molar-refractivity contribution in [3.63, 3.8) is 0 Å². The van der Waals surface area contributed by atoms with E-state index >= 15 is 0 Å². The second-order valence-corrected chi connectivity index (χ2v) is 10.2. The summed E-state index contributed by atoms with van der Waals surface area (Å²) in [4.78, 5) is 2.50. The van der Waals surface area contributed by atoms with Crippen LogP contribution in [0.5, 0.6) is 0 Å². The van der Waals surface area contributed by atoms with Crippen LogP contribution < -0.4 is 4.90 Å². The fourth-order valence-electron chi connectivity index (χ4n) is 5.98. The van der Waals surface area contributed by atoms with Crippen molar-refractivity contribution in [1.82, 2.24) is 0 Å². The molecule has 0 radical (unpaired) electrons. The smallest absolute Gasteiger partial charge is 0.301 e. The number of hydrogen-bond donors (Lipinski definition) is 1. The molecular formula is C31H29NO3S. The lowest BCUT2D eigenvalue weighted by Gasteiger charge is -2.39. The zero-order chi connectivity index (χ0) is 24.5. The predicted molar refractivity (Wildman–Crippen MR) is 150 cm³/mol. The Hall–Kier alpha value is -3.25. The van der Waals surface area contributed by atoms with Gasteiger partial charge in [-0.3, -0.25) is 8.74 Å². The maximum absolute atomic E-state index is 11.0. The molecule has 0 saturated carbocycles. The van der Waals surface area contributed by atoms with E-state index in [1.165, 1.54) is 49.1 Å². The van der Waals surface area contributed by atoms with E-state index in [2.05, 4.69) is 95.9 Å². The van der Waals surface area contributed by atoms with Crippen LogP contribution in [0.4, 0.5) is 5.69 Å². The molecule has 5 aromatic rings. The average molecular weight is 496 g/mol. The molecule has 5 aromatic carbocycles. The lowest BCUT2D eigenvalue weighted by atomic mass is 9.82. The van der Waals surface area contributed by atoms with Crippen molar-refractivity contribution < 1.29 is 12.9 Å². The molecule has 2 unspecified atom stereocenters. The molecule has 36 heavy (non-hydrogen) atoms. The number of rotatable bonds is 7. The van der Waals surface area contributed by atoms with E-state index in [-0.39, 0.29) is 12.6 Å². The van der Waals surface area contributed by atoms with E-state index < -0.39 is 11.4 Å². The number of fused-ring (bicyclic) bond motifs is 6. The second kappa shape index (κ2) is 10.0. The van der Waals surface area contributed by atoms with Crippen LogP contribution >= 0.6 is 0 Å². The summed E-state index contributed by atoms with van der Waals surface area (Å²) in [6.45, 7) is 0.985. The summed E-state index contributed by atoms with van der Waals surface area (Å²) in [7, 11) is 0. The Morgan fingerprint density at radius 2 is 1.53 bits per heavy atom. The van der Waals surface area contributed by atoms with Gasteiger partial charge in [0.2, 0.25) is 0 Å². The third-order valence-corrected chi connectivity index (χ3v) is 7.89. The molecule has 0 bridgehead atoms. The van der Waals surface area contributed by atoms with E-state index in [0.717, 1.165) is 25.8 Å². The third-order valence-electron chi connectivity index (χ3n) is 7.52. The first-order valence-corrected chi connectivity index (χ1v) is 13.7. The summed E-state index contributed by atoms with van der Waals surface area (Å²) in [6, 6.07) is 33.0. The van der Waals surface area contributed by atoms with Crippen molar-refractivity contribution in [1.29, 1.82) is 0 Å². The summed E-state index contributed by atoms with van der Waals surface area (Å²) in [5, 5.41) is 7.70. The standard InChI is InChI=1S/C31H29NO3S/c33-36(34)35-21-7-20-32(30-14-5-10-22-8-2-4-12-25(22)30)31-15-6-13-26-28-17-16-23-9-1-3-11-24(23)27(28)18-19-29(26)31/h1-5,8-12,14,16-19,31H,6-7,13,15,20-21H2,(H,33,34). The molecule has 0 spiro atoms. The highest BCUT2D eigenvalue weighted by molar-refractivity contribution is 7.74. The topological polar surface area (TPSA) is 49.8 Å². The van der Waals surface area contributed by atoms with Gasteiger partial charge in [0.25, 0.3) is 0 Å². The van der Waals surface area contributed by atoms with Crippen LogP contribution in [0.3, 0.4) is 0 Å². The minimum Gasteiger partial charge on any atom is -0.364 e. The Balaban J connectivity index is 1.46. The van der Waals surface area contributed by atoms with Gasteiger partial charge >= 0.3 is 11.4 Å². The van der Waals surface area contributed by atoms with Crippen LogP contribution in [0.15, 0.2) is 91.0 Å². The summed E-state index contributed by atoms with van der Waals surface area (Å²) >= 11 is -2.23. The number of benzene rings is 5. The van der Waals surface area contributed by atoms with Gasteiger partial charge < -0.3 is 4.90 Å². The second-order valence-electron chi connectivity index (χ2n) is 9.51. The van der Waals surface area contributed by atoms with Gasteiger partial charge in [-0.05, 0) is 69.8 Å². The van der Waals surface area contributed by atoms with E-state index in [9.17, 15) is 4.21 Å². The van der Waals surface area contributed by atoms with Gasteiger partial charge in [0.1, 0.15) is 0 Å². The zero-order valence-electron chi connectivity index (χ0n) is 20.1. The molecule has 1 aliphatic carbocycles. The van der Waals surface area contributed by atoms with E-state index in [0.29, 0.717) is 6.42 Å². The lowest BCUT2D eigenvalue weighted by Crippen LogP contribution is -2.33. The molecule has 182 valence electrons. The van der Waals surface area contributed by atoms with Gasteiger partial charge in [0.15, 0.2) is 0 Å². The van der Waals surface area contributed by atoms with Crippen molar-refractivity contribution in [2.24, 2.45) is 0 Å². The fourth-order valence-corrected chi connectivity index (χ4v) is 6.24. The molecular weight excluding hydrogens is 466 g/mol. The van der Waals surface area contributed by atoms with E-state index in [1.807, 2.05) is 0 Å². The summed E-state index contributed by atoms with van der Waals surface area (Å²) < 4.78 is 25.1. The van der Waals surface area contributed by atoms with Gasteiger partial charge in [-0.2, -0.15) is 4.21 Å². The molecule has 1 aliphatic rings. The molecule has 5 heteroatoms. The molecule has 1 N–H and O–H groups in total. The van der Waals surface area contributed by atoms with Crippen molar-refractivity contribution in [2.75, 3.05) is 18.1 Å². The first kappa shape index (κ1) is 23.2. The van der Waals surface area contributed by atoms with Crippen molar-refractivity contribution in [3.05, 3.63) is 102 Å². The molecule has 0 heterocycles. The maximum Gasteiger partial charge on any atom is 0.301 e. The molecule has 2 atom stereocenters. The summed E-state index contributed by atoms with van der Waals surface area (Å²) in [5.74, 6) is 0. The van der Waals surface area contributed by atoms with Crippen molar-refractivity contribution >= 4 is 49.4 Å². The average Bonchev–Trinajstić information content (AvgIpc) is 2.92. The minimum atomic E-state index is -2.23. The summed E-state index contributed by atoms with van der Waals surface area (Å²) in [5.41, 5.74) is 4.05. The van der Waals surface area contributed by atoms with Gasteiger partial charge in [-0.25, -0.2) is 0 Å². The molecule has 0 saturated heterocycles. The quantitative estimate of drug-likeness (QED) is 0.144. The van der Waals surface area contributed by atoms with Gasteiger partial charge in [-0.15, -0.1) is 0 Å². The molecule has 0 aromatic heterocycles. The zero-order valence-corrected chi connectivity index (χ0v) is 20.9. The molecule has 0 aliphatic heterocycles. The SMILES string of the molecule is O=S(O)OCCCN(c1cccc2ccccc12)C1CCCc2c1ccc1c2ccc2ccccc21. The minimum absolute atomic E-state index is 0.232. The van der Waals surface area contributed by atoms with Crippen LogP contribution in [-0.2, 0) is 22.0 Å². The highest BCUT2D eigenvalue weighted by Crippen LogP contribution is 2.42. The Labute approximate surface area is 214 Å². The van der Waals surface area contributed by atoms with Gasteiger partial charge in [0.05, 0.1) is 12.6 Å². The normalized spacial score (nSPS) is 16.3. The monoisotopic (exact) mass is 495 g/mol. The van der Waals surface area contributed by atoms with Crippen molar-refractivity contribution in [3.8, 4) is 0 Å². The van der Waals surface area contributed by atoms with Crippen LogP contribution in [0, 0.1) is 0 Å². The van der Waals surface area contributed by atoms with Crippen LogP contribution in [0.25, 0.3) is 32.3 Å². The summed E-state index contributed by atoms with van der Waals surface area (Å²) in [6.07, 6.45) is 3.95. The van der Waals surface area contributed by atoms with Crippen molar-refractivity contribution in [2.45, 2.75) is 31.7 Å². The van der Waals surface area contributed by atoms with Crippen LogP contribution in [-0.4, -0.2) is 21.9 Å². The van der Waals surface area contributed by atoms with Crippen LogP contribution in [0.1, 0.15) is 36.4 Å². The Morgan fingerprint density at radius 1 is 0.806 bits per heavy atom. The lowest BCUT2D eigenvalue weighted by molar-refractivity contribution is 0.300. The number of hydrogen-bond acceptors (Lipinski definition) is 3. The predicted octanol–water partition coefficient (Wildman–Crippen LogP) is 7.57. The van der Waals surface area contributed by atoms with Gasteiger partial charge in [0, 0.05) is 17.6 Å². The molecule has 0 fully saturated rings. The third kappa shape index (κ3) is 4.28. The van der Waals surface area contributed by atoms with Crippen LogP contribution in [0.2, 0.25) is 0 Å². The van der Waals surface area contributed by atoms with Gasteiger partial charge in [-0.1, -0.05) is 84.9 Å². The Kier molecular flexibility index (Phi) is 6.45. The highest BCUT2D eigenvalue weighted by Gasteiger charge is 2.28. The number of aryl methyl sites for hydroxylation is 1. The largest absolute Gasteiger partial charge is 0.364 e. The van der Waals surface area contributed by atoms with E-state index in [1.54, 1.807) is 0 Å². The first-order chi connectivity index (χ1) is 17.7. The Bertz CT molecular complexity index is 1580.